The molecule has 0 bridgehead atoms. The number of halogens is 2. The van der Waals surface area contributed by atoms with Crippen LogP contribution in [0.3, 0.4) is 0 Å². The van der Waals surface area contributed by atoms with Gasteiger partial charge in [-0.2, -0.15) is 5.26 Å². The molecule has 2 aliphatic heterocycles. The zero-order valence-electron chi connectivity index (χ0n) is 18.8. The Bertz CT molecular complexity index is 1050. The Hall–Kier alpha value is -2.36. The molecule has 6 nitrogen and oxygen atoms in total. The Kier molecular flexibility index (Phi) is 7.11. The van der Waals surface area contributed by atoms with Crippen molar-refractivity contribution >= 4 is 31.7 Å². The second-order valence-corrected chi connectivity index (χ2v) is 10.1. The number of rotatable bonds is 5. The molecule has 0 spiro atoms. The molecule has 4 rings (SSSR count). The standard InChI is InChI=1S/C24H30F2N5OP/c1-30-9-6-16(7-10-30)11-22(32)29-19-12-18(24(25,26)33)14-31(15-19)21-5-4-17(13-27)23-20(21)3-2-8-28-23/h2-5,8,16,18-19H,6-7,9-12,14-15,33H2,1H3,(H,29,32). The van der Waals surface area contributed by atoms with Crippen molar-refractivity contribution in [1.29, 1.82) is 5.26 Å². The van der Waals surface area contributed by atoms with E-state index in [1.807, 2.05) is 11.0 Å². The molecule has 2 aromatic rings. The first-order chi connectivity index (χ1) is 15.7. The number of aromatic nitrogens is 1. The Morgan fingerprint density at radius 3 is 2.76 bits per heavy atom. The number of amides is 1. The van der Waals surface area contributed by atoms with Crippen LogP contribution in [0.4, 0.5) is 14.5 Å². The Morgan fingerprint density at radius 2 is 2.06 bits per heavy atom. The molecule has 0 radical (unpaired) electrons. The summed E-state index contributed by atoms with van der Waals surface area (Å²) in [7, 11) is 3.75. The van der Waals surface area contributed by atoms with Crippen LogP contribution in [0.1, 0.15) is 31.2 Å². The SMILES string of the molecule is CN1CCC(CC(=O)NC2CC(C(F)(F)P)CN(c3ccc(C#N)c4ncccc34)C2)CC1. The highest BCUT2D eigenvalue weighted by Gasteiger charge is 2.41. The summed E-state index contributed by atoms with van der Waals surface area (Å²) in [6, 6.07) is 8.88. The molecular formula is C24H30F2N5OP. The van der Waals surface area contributed by atoms with Crippen LogP contribution < -0.4 is 10.2 Å². The van der Waals surface area contributed by atoms with Gasteiger partial charge in [0.15, 0.2) is 0 Å². The number of pyridine rings is 1. The lowest BCUT2D eigenvalue weighted by atomic mass is 9.91. The van der Waals surface area contributed by atoms with Gasteiger partial charge in [0.1, 0.15) is 6.07 Å². The molecule has 1 aromatic carbocycles. The van der Waals surface area contributed by atoms with Crippen molar-refractivity contribution in [1.82, 2.24) is 15.2 Å². The van der Waals surface area contributed by atoms with Gasteiger partial charge >= 0.3 is 0 Å². The molecule has 1 aromatic heterocycles. The van der Waals surface area contributed by atoms with Crippen LogP contribution in [0.2, 0.25) is 0 Å². The topological polar surface area (TPSA) is 72.3 Å². The van der Waals surface area contributed by atoms with Gasteiger partial charge in [-0.25, -0.2) is 8.78 Å². The summed E-state index contributed by atoms with van der Waals surface area (Å²) >= 11 is 0. The van der Waals surface area contributed by atoms with Crippen molar-refractivity contribution in [3.8, 4) is 6.07 Å². The second kappa shape index (κ2) is 9.87. The molecule has 0 aliphatic carbocycles. The minimum atomic E-state index is -2.95. The molecule has 3 unspecified atom stereocenters. The van der Waals surface area contributed by atoms with Crippen molar-refractivity contribution in [3.63, 3.8) is 0 Å². The molecule has 33 heavy (non-hydrogen) atoms. The van der Waals surface area contributed by atoms with Gasteiger partial charge in [-0.05, 0) is 69.6 Å². The minimum absolute atomic E-state index is 0.0615. The van der Waals surface area contributed by atoms with Gasteiger partial charge in [-0.15, -0.1) is 0 Å². The molecule has 9 heteroatoms. The summed E-state index contributed by atoms with van der Waals surface area (Å²) in [6.07, 6.45) is 4.25. The summed E-state index contributed by atoms with van der Waals surface area (Å²) in [5.74, 6) is -0.644. The number of anilines is 1. The van der Waals surface area contributed by atoms with Crippen molar-refractivity contribution < 1.29 is 13.6 Å². The van der Waals surface area contributed by atoms with Crippen LogP contribution in [0.15, 0.2) is 30.5 Å². The normalized spacial score (nSPS) is 22.8. The van der Waals surface area contributed by atoms with E-state index in [1.165, 1.54) is 0 Å². The van der Waals surface area contributed by atoms with Crippen molar-refractivity contribution in [2.24, 2.45) is 11.8 Å². The molecule has 1 N–H and O–H groups in total. The maximum atomic E-state index is 14.4. The lowest BCUT2D eigenvalue weighted by Gasteiger charge is -2.41. The summed E-state index contributed by atoms with van der Waals surface area (Å²) < 4.78 is 28.8. The van der Waals surface area contributed by atoms with Gasteiger partial charge in [0.25, 0.3) is 5.66 Å². The molecule has 3 atom stereocenters. The number of benzene rings is 1. The summed E-state index contributed by atoms with van der Waals surface area (Å²) in [5, 5.41) is 13.2. The van der Waals surface area contributed by atoms with Crippen LogP contribution in [-0.4, -0.2) is 60.7 Å². The van der Waals surface area contributed by atoms with E-state index in [4.69, 9.17) is 0 Å². The van der Waals surface area contributed by atoms with Crippen LogP contribution in [0.5, 0.6) is 0 Å². The fraction of sp³-hybridized carbons (Fsp3) is 0.542. The average molecular weight is 474 g/mol. The van der Waals surface area contributed by atoms with Crippen LogP contribution in [-0.2, 0) is 4.79 Å². The predicted molar refractivity (Wildman–Crippen MR) is 128 cm³/mol. The summed E-state index contributed by atoms with van der Waals surface area (Å²) in [4.78, 5) is 21.3. The average Bonchev–Trinajstić information content (AvgIpc) is 2.79. The summed E-state index contributed by atoms with van der Waals surface area (Å²) in [5.41, 5.74) is -1.19. The highest BCUT2D eigenvalue weighted by Crippen LogP contribution is 2.40. The Balaban J connectivity index is 1.54. The molecular weight excluding hydrogens is 443 g/mol. The predicted octanol–water partition coefficient (Wildman–Crippen LogP) is 3.62. The number of carbonyl (C=O) groups excluding carboxylic acids is 1. The highest BCUT2D eigenvalue weighted by atomic mass is 31.0. The number of nitriles is 1. The van der Waals surface area contributed by atoms with Crippen LogP contribution in [0.25, 0.3) is 10.9 Å². The number of nitrogens with one attached hydrogen (secondary N) is 1. The van der Waals surface area contributed by atoms with E-state index >= 15 is 0 Å². The molecule has 3 heterocycles. The molecule has 2 aliphatic rings. The molecule has 176 valence electrons. The molecule has 1 amide bonds. The van der Waals surface area contributed by atoms with Gasteiger partial charge < -0.3 is 15.1 Å². The third-order valence-electron chi connectivity index (χ3n) is 6.88. The maximum absolute atomic E-state index is 14.4. The van der Waals surface area contributed by atoms with Crippen molar-refractivity contribution in [2.75, 3.05) is 38.1 Å². The Morgan fingerprint density at radius 1 is 1.30 bits per heavy atom. The monoisotopic (exact) mass is 473 g/mol. The first-order valence-electron chi connectivity index (χ1n) is 11.4. The van der Waals surface area contributed by atoms with Crippen LogP contribution in [0, 0.1) is 23.2 Å². The van der Waals surface area contributed by atoms with E-state index in [0.717, 1.165) is 37.0 Å². The van der Waals surface area contributed by atoms with Crippen molar-refractivity contribution in [3.05, 3.63) is 36.0 Å². The molecule has 2 fully saturated rings. The van der Waals surface area contributed by atoms with E-state index in [-0.39, 0.29) is 24.9 Å². The van der Waals surface area contributed by atoms with Gasteiger partial charge in [0, 0.05) is 48.7 Å². The lowest BCUT2D eigenvalue weighted by molar-refractivity contribution is -0.123. The third kappa shape index (κ3) is 5.59. The first kappa shape index (κ1) is 23.8. The zero-order valence-corrected chi connectivity index (χ0v) is 20.0. The third-order valence-corrected chi connectivity index (χ3v) is 7.35. The minimum Gasteiger partial charge on any atom is -0.368 e. The first-order valence-corrected chi connectivity index (χ1v) is 12.0. The smallest absolute Gasteiger partial charge is 0.263 e. The van der Waals surface area contributed by atoms with Gasteiger partial charge in [0.2, 0.25) is 5.91 Å². The highest BCUT2D eigenvalue weighted by molar-refractivity contribution is 7.18. The number of hydrogen-bond acceptors (Lipinski definition) is 5. The second-order valence-electron chi connectivity index (χ2n) is 9.37. The molecule has 0 saturated carbocycles. The Labute approximate surface area is 195 Å². The van der Waals surface area contributed by atoms with E-state index in [1.54, 1.807) is 33.6 Å². The van der Waals surface area contributed by atoms with Crippen LogP contribution >= 0.6 is 9.24 Å². The number of nitrogens with zero attached hydrogens (tertiary/aromatic N) is 4. The van der Waals surface area contributed by atoms with Gasteiger partial charge in [-0.3, -0.25) is 9.78 Å². The van der Waals surface area contributed by atoms with Crippen molar-refractivity contribution in [2.45, 2.75) is 37.4 Å². The summed E-state index contributed by atoms with van der Waals surface area (Å²) in [6.45, 7) is 2.56. The number of fused-ring (bicyclic) bond motifs is 1. The zero-order chi connectivity index (χ0) is 23.6. The number of hydrogen-bond donors (Lipinski definition) is 1. The van der Waals surface area contributed by atoms with Gasteiger partial charge in [0.05, 0.1) is 11.1 Å². The number of carbonyl (C=O) groups is 1. The van der Waals surface area contributed by atoms with E-state index in [2.05, 4.69) is 28.3 Å². The largest absolute Gasteiger partial charge is 0.368 e. The quantitative estimate of drug-likeness (QED) is 0.672. The van der Waals surface area contributed by atoms with Gasteiger partial charge in [-0.1, -0.05) is 9.24 Å². The number of piperidine rings is 2. The lowest BCUT2D eigenvalue weighted by Crippen LogP contribution is -2.54. The fourth-order valence-corrected chi connectivity index (χ4v) is 5.26. The fourth-order valence-electron chi connectivity index (χ4n) is 5.02. The number of alkyl halides is 2. The molecule has 2 saturated heterocycles. The van der Waals surface area contributed by atoms with E-state index in [9.17, 15) is 18.8 Å². The number of likely N-dealkylation sites (tertiary alicyclic amines) is 1. The van der Waals surface area contributed by atoms with E-state index < -0.39 is 11.6 Å². The van der Waals surface area contributed by atoms with E-state index in [0.29, 0.717) is 30.0 Å². The maximum Gasteiger partial charge on any atom is 0.263 e.